The van der Waals surface area contributed by atoms with Crippen LogP contribution in [-0.2, 0) is 12.0 Å². The molecule has 0 fully saturated rings. The molecule has 4 aromatic heterocycles. The summed E-state index contributed by atoms with van der Waals surface area (Å²) < 4.78 is 7.45. The van der Waals surface area contributed by atoms with Crippen LogP contribution in [0.25, 0.3) is 31.8 Å². The van der Waals surface area contributed by atoms with Crippen LogP contribution >= 0.6 is 11.3 Å². The van der Waals surface area contributed by atoms with Crippen LogP contribution in [-0.4, -0.2) is 24.7 Å². The summed E-state index contributed by atoms with van der Waals surface area (Å²) in [5.74, 6) is 0.853. The summed E-state index contributed by atoms with van der Waals surface area (Å²) in [6.45, 7) is 6.67. The zero-order chi connectivity index (χ0) is 20.9. The summed E-state index contributed by atoms with van der Waals surface area (Å²) in [4.78, 5) is 27.0. The quantitative estimate of drug-likeness (QED) is 0.432. The molecule has 5 rings (SSSR count). The first-order valence-corrected chi connectivity index (χ1v) is 10.4. The molecule has 0 radical (unpaired) electrons. The highest BCUT2D eigenvalue weighted by Gasteiger charge is 2.16. The van der Waals surface area contributed by atoms with E-state index < -0.39 is 0 Å². The molecule has 7 nitrogen and oxygen atoms in total. The summed E-state index contributed by atoms with van der Waals surface area (Å²) in [7, 11) is 0. The molecule has 0 saturated carbocycles. The minimum atomic E-state index is -0.141. The van der Waals surface area contributed by atoms with Gasteiger partial charge in [-0.25, -0.2) is 9.97 Å². The van der Waals surface area contributed by atoms with Gasteiger partial charge in [0.25, 0.3) is 5.56 Å². The van der Waals surface area contributed by atoms with Gasteiger partial charge in [0.05, 0.1) is 11.8 Å². The number of fused-ring (bicyclic) bond motifs is 3. The van der Waals surface area contributed by atoms with Crippen molar-refractivity contribution in [2.45, 2.75) is 32.7 Å². The molecule has 30 heavy (non-hydrogen) atoms. The fourth-order valence-corrected chi connectivity index (χ4v) is 4.36. The Morgan fingerprint density at radius 1 is 1.10 bits per heavy atom. The maximum atomic E-state index is 12.9. The van der Waals surface area contributed by atoms with Gasteiger partial charge in [-0.1, -0.05) is 50.2 Å². The fourth-order valence-electron chi connectivity index (χ4n) is 3.32. The second-order valence-corrected chi connectivity index (χ2v) is 9.15. The van der Waals surface area contributed by atoms with E-state index in [9.17, 15) is 4.79 Å². The van der Waals surface area contributed by atoms with E-state index in [2.05, 4.69) is 53.0 Å². The molecular formula is C22H19N5O2S. The Morgan fingerprint density at radius 2 is 1.90 bits per heavy atom. The van der Waals surface area contributed by atoms with E-state index >= 15 is 0 Å². The van der Waals surface area contributed by atoms with E-state index in [0.29, 0.717) is 21.9 Å². The van der Waals surface area contributed by atoms with Gasteiger partial charge < -0.3 is 4.52 Å². The van der Waals surface area contributed by atoms with Gasteiger partial charge in [-0.3, -0.25) is 9.36 Å². The lowest BCUT2D eigenvalue weighted by Crippen LogP contribution is -2.20. The van der Waals surface area contributed by atoms with Crippen LogP contribution in [0.4, 0.5) is 0 Å². The third kappa shape index (κ3) is 3.19. The van der Waals surface area contributed by atoms with Gasteiger partial charge in [0, 0.05) is 17.1 Å². The Hall–Kier alpha value is -3.39. The van der Waals surface area contributed by atoms with E-state index in [0.717, 1.165) is 15.8 Å². The number of hydrogen-bond donors (Lipinski definition) is 0. The number of thiophene rings is 1. The van der Waals surface area contributed by atoms with Crippen molar-refractivity contribution in [3.8, 4) is 11.4 Å². The maximum Gasteiger partial charge on any atom is 0.271 e. The second kappa shape index (κ2) is 6.84. The third-order valence-corrected chi connectivity index (χ3v) is 6.09. The number of aromatic nitrogens is 5. The summed E-state index contributed by atoms with van der Waals surface area (Å²) in [5.41, 5.74) is 2.72. The molecule has 0 spiro atoms. The fraction of sp³-hybridized carbons (Fsp3) is 0.227. The Bertz CT molecular complexity index is 1420. The first-order valence-electron chi connectivity index (χ1n) is 9.56. The van der Waals surface area contributed by atoms with Crippen molar-refractivity contribution in [2.24, 2.45) is 0 Å². The number of nitrogens with zero attached hydrogens (tertiary/aromatic N) is 5. The molecule has 8 heteroatoms. The normalized spacial score (nSPS) is 12.1. The largest absolute Gasteiger partial charge is 0.337 e. The van der Waals surface area contributed by atoms with E-state index in [1.807, 2.05) is 24.3 Å². The van der Waals surface area contributed by atoms with Gasteiger partial charge >= 0.3 is 0 Å². The second-order valence-electron chi connectivity index (χ2n) is 8.15. The lowest BCUT2D eigenvalue weighted by atomic mass is 9.87. The molecule has 0 atom stereocenters. The summed E-state index contributed by atoms with van der Waals surface area (Å²) in [6.07, 6.45) is 3.23. The van der Waals surface area contributed by atoms with Crippen molar-refractivity contribution < 1.29 is 4.52 Å². The van der Waals surface area contributed by atoms with Gasteiger partial charge in [0.15, 0.2) is 0 Å². The van der Waals surface area contributed by atoms with Gasteiger partial charge in [-0.2, -0.15) is 4.98 Å². The molecule has 150 valence electrons. The van der Waals surface area contributed by atoms with Crippen molar-refractivity contribution in [3.63, 3.8) is 0 Å². The van der Waals surface area contributed by atoms with E-state index in [1.54, 1.807) is 6.20 Å². The lowest BCUT2D eigenvalue weighted by Gasteiger charge is -2.18. The van der Waals surface area contributed by atoms with Crippen molar-refractivity contribution in [2.75, 3.05) is 0 Å². The standard InChI is InChI=1S/C22H19N5O2S/c1-22(2,3)14-8-6-13(7-9-14)19-25-16(29-26-19)11-27-12-24-17-15-5-4-10-23-20(15)30-18(17)21(27)28/h4-10,12H,11H2,1-3H3. The number of pyridine rings is 1. The van der Waals surface area contributed by atoms with Crippen molar-refractivity contribution in [3.05, 3.63) is 70.7 Å². The lowest BCUT2D eigenvalue weighted by molar-refractivity contribution is 0.370. The van der Waals surface area contributed by atoms with Crippen LogP contribution in [0.2, 0.25) is 0 Å². The van der Waals surface area contributed by atoms with E-state index in [1.165, 1.54) is 27.8 Å². The first kappa shape index (κ1) is 18.6. The molecule has 4 heterocycles. The Morgan fingerprint density at radius 3 is 2.67 bits per heavy atom. The molecule has 0 amide bonds. The Kier molecular flexibility index (Phi) is 4.25. The highest BCUT2D eigenvalue weighted by Crippen LogP contribution is 2.28. The number of hydrogen-bond acceptors (Lipinski definition) is 7. The number of rotatable bonds is 3. The zero-order valence-corrected chi connectivity index (χ0v) is 17.6. The van der Waals surface area contributed by atoms with Crippen LogP contribution in [0, 0.1) is 0 Å². The predicted molar refractivity (Wildman–Crippen MR) is 117 cm³/mol. The SMILES string of the molecule is CC(C)(C)c1ccc(-c2noc(Cn3cnc4c(sc5ncccc54)c3=O)n2)cc1. The minimum Gasteiger partial charge on any atom is -0.337 e. The molecule has 0 bridgehead atoms. The van der Waals surface area contributed by atoms with Crippen LogP contribution in [0.3, 0.4) is 0 Å². The highest BCUT2D eigenvalue weighted by molar-refractivity contribution is 7.25. The highest BCUT2D eigenvalue weighted by atomic mass is 32.1. The summed E-state index contributed by atoms with van der Waals surface area (Å²) >= 11 is 1.34. The van der Waals surface area contributed by atoms with Crippen molar-refractivity contribution >= 4 is 31.8 Å². The van der Waals surface area contributed by atoms with E-state index in [4.69, 9.17) is 4.52 Å². The maximum absolute atomic E-state index is 12.9. The van der Waals surface area contributed by atoms with Crippen LogP contribution in [0.1, 0.15) is 32.2 Å². The smallest absolute Gasteiger partial charge is 0.271 e. The molecule has 5 aromatic rings. The van der Waals surface area contributed by atoms with E-state index in [-0.39, 0.29) is 17.5 Å². The molecule has 0 unspecified atom stereocenters. The van der Waals surface area contributed by atoms with Gasteiger partial charge in [0.2, 0.25) is 11.7 Å². The van der Waals surface area contributed by atoms with Crippen molar-refractivity contribution in [1.82, 2.24) is 24.7 Å². The molecule has 0 aliphatic heterocycles. The summed E-state index contributed by atoms with van der Waals surface area (Å²) in [6, 6.07) is 11.9. The Labute approximate surface area is 176 Å². The minimum absolute atomic E-state index is 0.0792. The molecule has 0 N–H and O–H groups in total. The molecular weight excluding hydrogens is 398 g/mol. The summed E-state index contributed by atoms with van der Waals surface area (Å²) in [5, 5.41) is 4.96. The van der Waals surface area contributed by atoms with Crippen LogP contribution in [0.15, 0.2) is 58.2 Å². The third-order valence-electron chi connectivity index (χ3n) is 5.00. The molecule has 0 saturated heterocycles. The topological polar surface area (TPSA) is 86.7 Å². The van der Waals surface area contributed by atoms with Crippen LogP contribution in [0.5, 0.6) is 0 Å². The predicted octanol–water partition coefficient (Wildman–Crippen LogP) is 4.40. The van der Waals surface area contributed by atoms with Crippen molar-refractivity contribution in [1.29, 1.82) is 0 Å². The van der Waals surface area contributed by atoms with Gasteiger partial charge in [-0.15, -0.1) is 11.3 Å². The first-order chi connectivity index (χ1) is 14.4. The molecule has 0 aliphatic rings. The zero-order valence-electron chi connectivity index (χ0n) is 16.8. The van der Waals surface area contributed by atoms with Crippen LogP contribution < -0.4 is 5.56 Å². The average Bonchev–Trinajstić information content (AvgIpc) is 3.35. The number of benzene rings is 1. The Balaban J connectivity index is 1.45. The molecule has 0 aliphatic carbocycles. The van der Waals surface area contributed by atoms with Gasteiger partial charge in [0.1, 0.15) is 16.1 Å². The van der Waals surface area contributed by atoms with Gasteiger partial charge in [-0.05, 0) is 23.1 Å². The average molecular weight is 417 g/mol. The molecule has 1 aromatic carbocycles. The monoisotopic (exact) mass is 417 g/mol.